The standard InChI is InChI=1S/C29H29ClFN5O4/c1-17(37)27(32)28(39)35-25(20-9-5-8-19(12-20)18-6-3-2-4-7-18)15-33-26(38)10-11-36-16-34-24-14-22(30)23(31)13-21(24)29(36)40/h2-9,12-14,16-17,25,27,37H,10-11,15,32H2,1H3,(H,33,38)(H,35,39)/t17-,25+,27+/m1/s1. The summed E-state index contributed by atoms with van der Waals surface area (Å²) < 4.78 is 15.1. The van der Waals surface area contributed by atoms with Crippen molar-refractivity contribution in [3.8, 4) is 11.1 Å². The minimum atomic E-state index is -1.15. The molecule has 3 aromatic carbocycles. The molecule has 0 saturated heterocycles. The van der Waals surface area contributed by atoms with E-state index in [1.54, 1.807) is 0 Å². The van der Waals surface area contributed by atoms with E-state index >= 15 is 0 Å². The quantitative estimate of drug-likeness (QED) is 0.233. The predicted octanol–water partition coefficient (Wildman–Crippen LogP) is 2.93. The Balaban J connectivity index is 1.47. The Bertz CT molecular complexity index is 1580. The van der Waals surface area contributed by atoms with Gasteiger partial charge in [0.1, 0.15) is 11.9 Å². The fourth-order valence-electron chi connectivity index (χ4n) is 4.14. The number of aryl methyl sites for hydroxylation is 1. The number of nitrogens with zero attached hydrogens (tertiary/aromatic N) is 2. The Kier molecular flexibility index (Phi) is 9.26. The lowest BCUT2D eigenvalue weighted by Crippen LogP contribution is -2.49. The second kappa shape index (κ2) is 12.8. The van der Waals surface area contributed by atoms with Crippen LogP contribution in [0.3, 0.4) is 0 Å². The second-order valence-corrected chi connectivity index (χ2v) is 9.81. The number of halogens is 2. The zero-order chi connectivity index (χ0) is 28.8. The Labute approximate surface area is 234 Å². The maximum atomic E-state index is 13.9. The fraction of sp³-hybridized carbons (Fsp3) is 0.241. The van der Waals surface area contributed by atoms with Crippen LogP contribution in [0.1, 0.15) is 24.9 Å². The molecule has 0 aliphatic rings. The number of benzene rings is 3. The maximum Gasteiger partial charge on any atom is 0.261 e. The van der Waals surface area contributed by atoms with Gasteiger partial charge in [-0.2, -0.15) is 0 Å². The van der Waals surface area contributed by atoms with Crippen LogP contribution in [-0.2, 0) is 16.1 Å². The summed E-state index contributed by atoms with van der Waals surface area (Å²) in [4.78, 5) is 42.3. The topological polar surface area (TPSA) is 139 Å². The van der Waals surface area contributed by atoms with E-state index in [1.165, 1.54) is 23.9 Å². The number of nitrogens with two attached hydrogens (primary N) is 1. The number of aliphatic hydroxyl groups is 1. The third-order valence-electron chi connectivity index (χ3n) is 6.48. The lowest BCUT2D eigenvalue weighted by Gasteiger charge is -2.23. The van der Waals surface area contributed by atoms with Gasteiger partial charge in [0.15, 0.2) is 0 Å². The number of fused-ring (bicyclic) bond motifs is 1. The molecular formula is C29H29ClFN5O4. The van der Waals surface area contributed by atoms with Crippen LogP contribution in [0.25, 0.3) is 22.0 Å². The number of hydrogen-bond donors (Lipinski definition) is 4. The van der Waals surface area contributed by atoms with Gasteiger partial charge in [-0.25, -0.2) is 9.37 Å². The van der Waals surface area contributed by atoms with Crippen LogP contribution in [0.15, 0.2) is 77.9 Å². The average molecular weight is 566 g/mol. The molecule has 1 heterocycles. The predicted molar refractivity (Wildman–Crippen MR) is 151 cm³/mol. The molecule has 0 radical (unpaired) electrons. The first-order chi connectivity index (χ1) is 19.1. The molecule has 4 rings (SSSR count). The number of aliphatic hydroxyl groups excluding tert-OH is 1. The summed E-state index contributed by atoms with van der Waals surface area (Å²) in [5.74, 6) is -1.68. The van der Waals surface area contributed by atoms with E-state index in [1.807, 2.05) is 54.6 Å². The van der Waals surface area contributed by atoms with Gasteiger partial charge >= 0.3 is 0 Å². The van der Waals surface area contributed by atoms with Gasteiger partial charge in [0, 0.05) is 19.5 Å². The SMILES string of the molecule is C[C@@H](O)[C@H](N)C(=O)N[C@@H](CNC(=O)CCn1cnc2cc(Cl)c(F)cc2c1=O)c1cccc(-c2ccccc2)c1. The van der Waals surface area contributed by atoms with E-state index in [9.17, 15) is 23.9 Å². The van der Waals surface area contributed by atoms with Crippen molar-refractivity contribution in [3.63, 3.8) is 0 Å². The first-order valence-corrected chi connectivity index (χ1v) is 13.0. The van der Waals surface area contributed by atoms with Crippen molar-refractivity contribution in [3.05, 3.63) is 99.8 Å². The zero-order valence-corrected chi connectivity index (χ0v) is 22.4. The third-order valence-corrected chi connectivity index (χ3v) is 6.77. The minimum absolute atomic E-state index is 0.00523. The largest absolute Gasteiger partial charge is 0.391 e. The first kappa shape index (κ1) is 28.9. The molecule has 40 heavy (non-hydrogen) atoms. The molecular weight excluding hydrogens is 537 g/mol. The smallest absolute Gasteiger partial charge is 0.261 e. The van der Waals surface area contributed by atoms with Crippen molar-refractivity contribution in [1.82, 2.24) is 20.2 Å². The Hall–Kier alpha value is -4.12. The van der Waals surface area contributed by atoms with Crippen molar-refractivity contribution in [2.24, 2.45) is 5.73 Å². The highest BCUT2D eigenvalue weighted by molar-refractivity contribution is 6.31. The normalized spacial score (nSPS) is 13.4. The van der Waals surface area contributed by atoms with E-state index in [0.717, 1.165) is 22.8 Å². The third kappa shape index (κ3) is 6.90. The molecule has 3 atom stereocenters. The van der Waals surface area contributed by atoms with Gasteiger partial charge in [0.25, 0.3) is 5.56 Å². The van der Waals surface area contributed by atoms with Crippen LogP contribution < -0.4 is 21.9 Å². The molecule has 9 nitrogen and oxygen atoms in total. The summed E-state index contributed by atoms with van der Waals surface area (Å²) >= 11 is 5.77. The molecule has 0 aliphatic carbocycles. The molecule has 0 fully saturated rings. The van der Waals surface area contributed by atoms with Crippen LogP contribution >= 0.6 is 11.6 Å². The van der Waals surface area contributed by atoms with Crippen molar-refractivity contribution < 1.29 is 19.1 Å². The highest BCUT2D eigenvalue weighted by Gasteiger charge is 2.23. The number of hydrogen-bond acceptors (Lipinski definition) is 6. The van der Waals surface area contributed by atoms with Crippen LogP contribution in [-0.4, -0.2) is 45.2 Å². The van der Waals surface area contributed by atoms with E-state index < -0.39 is 35.5 Å². The highest BCUT2D eigenvalue weighted by atomic mass is 35.5. The summed E-state index contributed by atoms with van der Waals surface area (Å²) in [6.07, 6.45) is 0.146. The number of carbonyl (C=O) groups excluding carboxylic acids is 2. The van der Waals surface area contributed by atoms with E-state index in [-0.39, 0.29) is 41.3 Å². The molecule has 4 aromatic rings. The van der Waals surface area contributed by atoms with Crippen molar-refractivity contribution in [2.75, 3.05) is 6.54 Å². The molecule has 208 valence electrons. The molecule has 11 heteroatoms. The van der Waals surface area contributed by atoms with Gasteiger partial charge < -0.3 is 21.5 Å². The Morgan fingerprint density at radius 2 is 1.82 bits per heavy atom. The number of carbonyl (C=O) groups is 2. The summed E-state index contributed by atoms with van der Waals surface area (Å²) in [6, 6.07) is 17.7. The highest BCUT2D eigenvalue weighted by Crippen LogP contribution is 2.23. The van der Waals surface area contributed by atoms with Gasteiger partial charge in [-0.15, -0.1) is 0 Å². The monoisotopic (exact) mass is 565 g/mol. The van der Waals surface area contributed by atoms with Crippen LogP contribution in [0.2, 0.25) is 5.02 Å². The van der Waals surface area contributed by atoms with Gasteiger partial charge in [-0.3, -0.25) is 19.0 Å². The number of rotatable bonds is 10. The van der Waals surface area contributed by atoms with E-state index in [2.05, 4.69) is 15.6 Å². The molecule has 0 bridgehead atoms. The molecule has 2 amide bonds. The number of nitrogens with one attached hydrogen (secondary N) is 2. The summed E-state index contributed by atoms with van der Waals surface area (Å²) in [6.45, 7) is 1.46. The molecule has 0 unspecified atom stereocenters. The summed E-state index contributed by atoms with van der Waals surface area (Å²) in [5, 5.41) is 15.3. The molecule has 0 aliphatic heterocycles. The molecule has 0 saturated carbocycles. The summed E-state index contributed by atoms with van der Waals surface area (Å²) in [5.41, 5.74) is 8.21. The average Bonchev–Trinajstić information content (AvgIpc) is 2.96. The van der Waals surface area contributed by atoms with Crippen molar-refractivity contribution in [1.29, 1.82) is 0 Å². The maximum absolute atomic E-state index is 13.9. The van der Waals surface area contributed by atoms with Crippen LogP contribution in [0, 0.1) is 5.82 Å². The summed E-state index contributed by atoms with van der Waals surface area (Å²) in [7, 11) is 0. The lowest BCUT2D eigenvalue weighted by atomic mass is 9.99. The van der Waals surface area contributed by atoms with Gasteiger partial charge in [-0.05, 0) is 41.8 Å². The van der Waals surface area contributed by atoms with Crippen molar-refractivity contribution >= 4 is 34.3 Å². The number of aromatic nitrogens is 2. The van der Waals surface area contributed by atoms with E-state index in [4.69, 9.17) is 17.3 Å². The molecule has 0 spiro atoms. The van der Waals surface area contributed by atoms with Crippen LogP contribution in [0.5, 0.6) is 0 Å². The molecule has 5 N–H and O–H groups in total. The van der Waals surface area contributed by atoms with Gasteiger partial charge in [0.05, 0.1) is 34.4 Å². The fourth-order valence-corrected chi connectivity index (χ4v) is 4.30. The molecule has 1 aromatic heterocycles. The van der Waals surface area contributed by atoms with Crippen molar-refractivity contribution in [2.45, 2.75) is 38.1 Å². The first-order valence-electron chi connectivity index (χ1n) is 12.6. The second-order valence-electron chi connectivity index (χ2n) is 9.40. The van der Waals surface area contributed by atoms with Gasteiger partial charge in [0.2, 0.25) is 11.8 Å². The minimum Gasteiger partial charge on any atom is -0.391 e. The Morgan fingerprint density at radius 1 is 1.10 bits per heavy atom. The lowest BCUT2D eigenvalue weighted by molar-refractivity contribution is -0.126. The number of amides is 2. The van der Waals surface area contributed by atoms with E-state index in [0.29, 0.717) is 0 Å². The Morgan fingerprint density at radius 3 is 2.55 bits per heavy atom. The van der Waals surface area contributed by atoms with Gasteiger partial charge in [-0.1, -0.05) is 60.1 Å². The zero-order valence-electron chi connectivity index (χ0n) is 21.7. The van der Waals surface area contributed by atoms with Crippen LogP contribution in [0.4, 0.5) is 4.39 Å².